The van der Waals surface area contributed by atoms with Crippen LogP contribution in [-0.2, 0) is 0 Å². The van der Waals surface area contributed by atoms with Gasteiger partial charge in [-0.2, -0.15) is 0 Å². The Kier molecular flexibility index (Phi) is 5.57. The summed E-state index contributed by atoms with van der Waals surface area (Å²) in [7, 11) is 1.91. The maximum absolute atomic E-state index is 8.45. The molecule has 0 aliphatic carbocycles. The minimum atomic E-state index is 0.225. The van der Waals surface area contributed by atoms with Gasteiger partial charge in [-0.25, -0.2) is 0 Å². The van der Waals surface area contributed by atoms with Crippen LogP contribution in [-0.4, -0.2) is 25.3 Å². The number of aliphatic hydroxyl groups is 1. The first-order chi connectivity index (χ1) is 4.31. The lowest BCUT2D eigenvalue weighted by Crippen LogP contribution is -2.08. The van der Waals surface area contributed by atoms with E-state index in [2.05, 4.69) is 11.9 Å². The Labute approximate surface area is 56.6 Å². The number of rotatable bonds is 5. The van der Waals surface area contributed by atoms with Crippen LogP contribution in [0.5, 0.6) is 0 Å². The molecule has 0 aliphatic heterocycles. The molecule has 0 saturated carbocycles. The molecule has 0 unspecified atom stereocenters. The Morgan fingerprint density at radius 1 is 1.56 bits per heavy atom. The van der Waals surface area contributed by atoms with Gasteiger partial charge in [0.15, 0.2) is 0 Å². The molecule has 0 atom stereocenters. The topological polar surface area (TPSA) is 32.3 Å². The van der Waals surface area contributed by atoms with Crippen LogP contribution in [0.25, 0.3) is 0 Å². The first-order valence-electron chi connectivity index (χ1n) is 3.23. The van der Waals surface area contributed by atoms with Crippen molar-refractivity contribution in [3.8, 4) is 0 Å². The zero-order chi connectivity index (χ0) is 7.11. The molecule has 0 heterocycles. The minimum absolute atomic E-state index is 0.225. The third kappa shape index (κ3) is 5.53. The van der Waals surface area contributed by atoms with Crippen molar-refractivity contribution in [2.45, 2.75) is 12.8 Å². The second-order valence-electron chi connectivity index (χ2n) is 2.08. The number of hydrogen-bond donors (Lipinski definition) is 2. The predicted octanol–water partition coefficient (Wildman–Crippen LogP) is 0.534. The standard InChI is InChI=1S/C7H15NO/c1-7(4-6-9)3-5-8-2/h8-9H,1,3-6H2,2H3. The number of hydrogen-bond acceptors (Lipinski definition) is 2. The predicted molar refractivity (Wildman–Crippen MR) is 39.4 cm³/mol. The molecule has 0 saturated heterocycles. The summed E-state index contributed by atoms with van der Waals surface area (Å²) in [6.07, 6.45) is 1.71. The van der Waals surface area contributed by atoms with Crippen molar-refractivity contribution >= 4 is 0 Å². The molecule has 0 rings (SSSR count). The summed E-state index contributed by atoms with van der Waals surface area (Å²) < 4.78 is 0. The molecule has 54 valence electrons. The van der Waals surface area contributed by atoms with Gasteiger partial charge in [0.1, 0.15) is 0 Å². The van der Waals surface area contributed by atoms with Crippen LogP contribution in [0, 0.1) is 0 Å². The summed E-state index contributed by atoms with van der Waals surface area (Å²) >= 11 is 0. The van der Waals surface area contributed by atoms with Crippen LogP contribution >= 0.6 is 0 Å². The molecule has 0 aromatic carbocycles. The van der Waals surface area contributed by atoms with Crippen LogP contribution in [0.15, 0.2) is 12.2 Å². The lowest BCUT2D eigenvalue weighted by molar-refractivity contribution is 0.298. The van der Waals surface area contributed by atoms with Crippen molar-refractivity contribution in [1.29, 1.82) is 0 Å². The van der Waals surface area contributed by atoms with E-state index < -0.39 is 0 Å². The minimum Gasteiger partial charge on any atom is -0.396 e. The van der Waals surface area contributed by atoms with E-state index in [0.717, 1.165) is 25.0 Å². The molecule has 2 N–H and O–H groups in total. The highest BCUT2D eigenvalue weighted by molar-refractivity contribution is 4.93. The van der Waals surface area contributed by atoms with Gasteiger partial charge in [0.25, 0.3) is 0 Å². The number of nitrogens with one attached hydrogen (secondary N) is 1. The van der Waals surface area contributed by atoms with Crippen molar-refractivity contribution in [3.63, 3.8) is 0 Å². The summed E-state index contributed by atoms with van der Waals surface area (Å²) in [5.74, 6) is 0. The molecule has 0 fully saturated rings. The van der Waals surface area contributed by atoms with Crippen LogP contribution in [0.2, 0.25) is 0 Å². The average molecular weight is 129 g/mol. The summed E-state index contributed by atoms with van der Waals surface area (Å²) in [6, 6.07) is 0. The number of aliphatic hydroxyl groups excluding tert-OH is 1. The molecule has 0 aromatic rings. The lowest BCUT2D eigenvalue weighted by atomic mass is 10.1. The smallest absolute Gasteiger partial charge is 0.0468 e. The van der Waals surface area contributed by atoms with E-state index in [0.29, 0.717) is 0 Å². The lowest BCUT2D eigenvalue weighted by Gasteiger charge is -2.00. The van der Waals surface area contributed by atoms with Gasteiger partial charge in [0.05, 0.1) is 0 Å². The van der Waals surface area contributed by atoms with E-state index in [1.165, 1.54) is 0 Å². The molecule has 0 spiro atoms. The van der Waals surface area contributed by atoms with Crippen LogP contribution < -0.4 is 5.32 Å². The molecule has 2 heteroatoms. The Balaban J connectivity index is 3.06. The summed E-state index contributed by atoms with van der Waals surface area (Å²) in [5, 5.41) is 11.5. The highest BCUT2D eigenvalue weighted by Gasteiger charge is 1.90. The average Bonchev–Trinajstić information content (AvgIpc) is 1.85. The largest absolute Gasteiger partial charge is 0.396 e. The molecular formula is C7H15NO. The monoisotopic (exact) mass is 129 g/mol. The van der Waals surface area contributed by atoms with Gasteiger partial charge in [-0.15, -0.1) is 0 Å². The van der Waals surface area contributed by atoms with E-state index >= 15 is 0 Å². The highest BCUT2D eigenvalue weighted by atomic mass is 16.2. The van der Waals surface area contributed by atoms with Crippen molar-refractivity contribution in [1.82, 2.24) is 5.32 Å². The molecule has 0 aromatic heterocycles. The summed E-state index contributed by atoms with van der Waals surface area (Å²) in [4.78, 5) is 0. The summed E-state index contributed by atoms with van der Waals surface area (Å²) in [6.45, 7) is 4.96. The van der Waals surface area contributed by atoms with Crippen molar-refractivity contribution < 1.29 is 5.11 Å². The fourth-order valence-corrected chi connectivity index (χ4v) is 0.585. The van der Waals surface area contributed by atoms with Gasteiger partial charge in [-0.1, -0.05) is 12.2 Å². The van der Waals surface area contributed by atoms with E-state index in [9.17, 15) is 0 Å². The fraction of sp³-hybridized carbons (Fsp3) is 0.714. The van der Waals surface area contributed by atoms with Crippen molar-refractivity contribution in [3.05, 3.63) is 12.2 Å². The van der Waals surface area contributed by atoms with Gasteiger partial charge in [0, 0.05) is 6.61 Å². The van der Waals surface area contributed by atoms with Gasteiger partial charge in [0.2, 0.25) is 0 Å². The highest BCUT2D eigenvalue weighted by Crippen LogP contribution is 2.00. The van der Waals surface area contributed by atoms with Crippen LogP contribution in [0.4, 0.5) is 0 Å². The van der Waals surface area contributed by atoms with Gasteiger partial charge < -0.3 is 10.4 Å². The van der Waals surface area contributed by atoms with Crippen molar-refractivity contribution in [2.75, 3.05) is 20.2 Å². The fourth-order valence-electron chi connectivity index (χ4n) is 0.585. The van der Waals surface area contributed by atoms with Gasteiger partial charge >= 0.3 is 0 Å². The molecule has 9 heavy (non-hydrogen) atoms. The maximum Gasteiger partial charge on any atom is 0.0468 e. The summed E-state index contributed by atoms with van der Waals surface area (Å²) in [5.41, 5.74) is 1.12. The van der Waals surface area contributed by atoms with E-state index in [1.807, 2.05) is 7.05 Å². The third-order valence-corrected chi connectivity index (χ3v) is 1.19. The van der Waals surface area contributed by atoms with Crippen LogP contribution in [0.1, 0.15) is 12.8 Å². The van der Waals surface area contributed by atoms with Gasteiger partial charge in [-0.3, -0.25) is 0 Å². The van der Waals surface area contributed by atoms with E-state index in [1.54, 1.807) is 0 Å². The first-order valence-corrected chi connectivity index (χ1v) is 3.23. The molecule has 0 bridgehead atoms. The quantitative estimate of drug-likeness (QED) is 0.531. The Bertz CT molecular complexity index is 81.0. The second-order valence-corrected chi connectivity index (χ2v) is 2.08. The zero-order valence-corrected chi connectivity index (χ0v) is 5.98. The van der Waals surface area contributed by atoms with Crippen molar-refractivity contribution in [2.24, 2.45) is 0 Å². The molecule has 2 nitrogen and oxygen atoms in total. The van der Waals surface area contributed by atoms with E-state index in [-0.39, 0.29) is 6.61 Å². The Morgan fingerprint density at radius 3 is 2.67 bits per heavy atom. The normalized spacial score (nSPS) is 9.56. The molecular weight excluding hydrogens is 114 g/mol. The SMILES string of the molecule is C=C(CCO)CCNC. The third-order valence-electron chi connectivity index (χ3n) is 1.19. The molecule has 0 radical (unpaired) electrons. The first kappa shape index (κ1) is 8.66. The van der Waals surface area contributed by atoms with Gasteiger partial charge in [-0.05, 0) is 26.4 Å². The molecule has 0 amide bonds. The Hall–Kier alpha value is -0.340. The van der Waals surface area contributed by atoms with Crippen LogP contribution in [0.3, 0.4) is 0 Å². The van der Waals surface area contributed by atoms with E-state index in [4.69, 9.17) is 5.11 Å². The molecule has 0 aliphatic rings. The Morgan fingerprint density at radius 2 is 2.22 bits per heavy atom. The zero-order valence-electron chi connectivity index (χ0n) is 5.98. The second kappa shape index (κ2) is 5.79. The maximum atomic E-state index is 8.45.